The molecular weight excluding hydrogens is 674 g/mol. The van der Waals surface area contributed by atoms with Crippen molar-refractivity contribution in [2.24, 2.45) is 11.7 Å². The number of amides is 2. The minimum absolute atomic E-state index is 0.00464. The smallest absolute Gasteiger partial charge is 0.240 e. The van der Waals surface area contributed by atoms with Crippen LogP contribution in [0.1, 0.15) is 34.6 Å². The largest absolute Gasteiger partial charge is 0.507 e. The average Bonchev–Trinajstić information content (AvgIpc) is 3.13. The van der Waals surface area contributed by atoms with Crippen LogP contribution in [0.2, 0.25) is 0 Å². The molecule has 4 heterocycles. The van der Waals surface area contributed by atoms with Gasteiger partial charge in [0.25, 0.3) is 0 Å². The molecule has 2 aromatic heterocycles. The maximum absolute atomic E-state index is 13.8. The van der Waals surface area contributed by atoms with Crippen LogP contribution >= 0.6 is 0 Å². The second-order valence-corrected chi connectivity index (χ2v) is 14.2. The number of ether oxygens (including phenoxy) is 1. The molecule has 0 saturated carbocycles. The average molecular weight is 724 g/mol. The van der Waals surface area contributed by atoms with Crippen LogP contribution < -0.4 is 31.7 Å². The van der Waals surface area contributed by atoms with E-state index >= 15 is 0 Å². The Hall–Kier alpha value is -5.70. The van der Waals surface area contributed by atoms with Gasteiger partial charge >= 0.3 is 0 Å². The van der Waals surface area contributed by atoms with Crippen LogP contribution in [0.15, 0.2) is 60.7 Å². The van der Waals surface area contributed by atoms with Crippen LogP contribution in [0, 0.1) is 5.92 Å². The third kappa shape index (κ3) is 7.75. The zero-order valence-corrected chi connectivity index (χ0v) is 30.9. The molecule has 15 nitrogen and oxygen atoms in total. The molecule has 0 bridgehead atoms. The molecule has 280 valence electrons. The van der Waals surface area contributed by atoms with Gasteiger partial charge in [-0.2, -0.15) is 0 Å². The van der Waals surface area contributed by atoms with Gasteiger partial charge in [0, 0.05) is 74.8 Å². The van der Waals surface area contributed by atoms with Crippen LogP contribution in [0.3, 0.4) is 0 Å². The number of carbonyl (C=O) groups excluding carboxylic acids is 2. The summed E-state index contributed by atoms with van der Waals surface area (Å²) in [4.78, 5) is 33.9. The Balaban J connectivity index is 1.10. The second kappa shape index (κ2) is 15.5. The minimum atomic E-state index is -0.794. The Morgan fingerprint density at radius 2 is 1.36 bits per heavy atom. The number of phenolic OH excluding ortho intramolecular Hbond substituents is 1. The number of piperazine rings is 2. The summed E-state index contributed by atoms with van der Waals surface area (Å²) in [6.07, 6.45) is 0. The van der Waals surface area contributed by atoms with Crippen molar-refractivity contribution in [3.63, 3.8) is 0 Å². The van der Waals surface area contributed by atoms with Crippen molar-refractivity contribution in [2.45, 2.75) is 58.8 Å². The first kappa shape index (κ1) is 37.1. The quantitative estimate of drug-likeness (QED) is 0.196. The van der Waals surface area contributed by atoms with Gasteiger partial charge in [0.1, 0.15) is 11.5 Å². The van der Waals surface area contributed by atoms with E-state index in [9.17, 15) is 14.7 Å². The zero-order valence-electron chi connectivity index (χ0n) is 30.9. The number of nitrogens with zero attached hydrogens (tertiary/aromatic N) is 8. The van der Waals surface area contributed by atoms with E-state index in [0.717, 1.165) is 11.3 Å². The molecular formula is C38H49N11O4. The topological polar surface area (TPSA) is 206 Å². The fourth-order valence-electron chi connectivity index (χ4n) is 7.45. The third-order valence-electron chi connectivity index (χ3n) is 10.2. The summed E-state index contributed by atoms with van der Waals surface area (Å²) in [6.45, 7) is 12.4. The number of benzene rings is 2. The number of aromatic hydroxyl groups is 1. The van der Waals surface area contributed by atoms with Crippen LogP contribution in [0.25, 0.3) is 22.5 Å². The van der Waals surface area contributed by atoms with Crippen molar-refractivity contribution in [3.05, 3.63) is 60.7 Å². The Bertz CT molecular complexity index is 1950. The SMILES string of the molecule is CC(=O)N1[C@H](C)CN(c2cc(-c3ccccc3OCC(C)[C@H](N)C(=O)N3CCN(c4cc(-c5ccccc5O)nnc4N)CC3C)nnc2N)C[C@@H]1C. The molecule has 2 aliphatic rings. The van der Waals surface area contributed by atoms with Gasteiger partial charge in [-0.15, -0.1) is 20.4 Å². The summed E-state index contributed by atoms with van der Waals surface area (Å²) in [5.74, 6) is 0.864. The Morgan fingerprint density at radius 3 is 1.96 bits per heavy atom. The van der Waals surface area contributed by atoms with E-state index < -0.39 is 6.04 Å². The summed E-state index contributed by atoms with van der Waals surface area (Å²) < 4.78 is 6.31. The minimum Gasteiger partial charge on any atom is -0.507 e. The van der Waals surface area contributed by atoms with Gasteiger partial charge in [-0.25, -0.2) is 0 Å². The first-order valence-electron chi connectivity index (χ1n) is 18.0. The molecule has 2 aromatic carbocycles. The van der Waals surface area contributed by atoms with Gasteiger partial charge in [-0.1, -0.05) is 31.2 Å². The van der Waals surface area contributed by atoms with E-state index in [-0.39, 0.29) is 54.0 Å². The molecule has 7 N–H and O–H groups in total. The molecule has 2 unspecified atom stereocenters. The lowest BCUT2D eigenvalue weighted by Gasteiger charge is -2.45. The number of hydrogen-bond donors (Lipinski definition) is 4. The molecule has 15 heteroatoms. The first-order valence-corrected chi connectivity index (χ1v) is 18.0. The van der Waals surface area contributed by atoms with E-state index in [1.54, 1.807) is 25.1 Å². The molecule has 2 aliphatic heterocycles. The third-order valence-corrected chi connectivity index (χ3v) is 10.2. The van der Waals surface area contributed by atoms with Gasteiger partial charge in [-0.3, -0.25) is 9.59 Å². The number of anilines is 4. The highest BCUT2D eigenvalue weighted by Gasteiger charge is 2.35. The van der Waals surface area contributed by atoms with Gasteiger partial charge in [0.15, 0.2) is 11.6 Å². The standard InChI is InChI=1S/C38H49N11O4/c1-22(35(39)38(52)48-15-14-46(18-23(48)2)31-16-29(42-44-36(31)40)27-10-6-8-12-33(27)51)21-53-34-13-9-7-11-28(34)30-17-32(37(41)45-43-30)47-19-24(3)49(26(5)50)25(4)20-47/h6-13,16-17,22-25,35,51H,14-15,18-21,39H2,1-5H3,(H2,40,44)(H2,41,45)/t22?,23?,24-,25+,35-/m0/s1. The van der Waals surface area contributed by atoms with Crippen molar-refractivity contribution in [3.8, 4) is 34.0 Å². The van der Waals surface area contributed by atoms with Crippen LogP contribution in [-0.4, -0.2) is 111 Å². The van der Waals surface area contributed by atoms with E-state index in [0.29, 0.717) is 66.9 Å². The lowest BCUT2D eigenvalue weighted by Crippen LogP contribution is -2.59. The zero-order chi connectivity index (χ0) is 38.0. The Labute approximate surface area is 309 Å². The molecule has 53 heavy (non-hydrogen) atoms. The summed E-state index contributed by atoms with van der Waals surface area (Å²) in [7, 11) is 0. The maximum atomic E-state index is 13.8. The number of rotatable bonds is 9. The Morgan fingerprint density at radius 1 is 0.811 bits per heavy atom. The lowest BCUT2D eigenvalue weighted by atomic mass is 10.0. The summed E-state index contributed by atoms with van der Waals surface area (Å²) in [5, 5.41) is 27.4. The fraction of sp³-hybridized carbons (Fsp3) is 0.421. The van der Waals surface area contributed by atoms with E-state index in [4.69, 9.17) is 21.9 Å². The molecule has 2 saturated heterocycles. The van der Waals surface area contributed by atoms with Crippen molar-refractivity contribution in [2.75, 3.05) is 60.6 Å². The van der Waals surface area contributed by atoms with Crippen LogP contribution in [-0.2, 0) is 9.59 Å². The van der Waals surface area contributed by atoms with Gasteiger partial charge in [-0.05, 0) is 57.2 Å². The van der Waals surface area contributed by atoms with E-state index in [2.05, 4.69) is 30.2 Å². The van der Waals surface area contributed by atoms with Crippen LogP contribution in [0.5, 0.6) is 11.5 Å². The highest BCUT2D eigenvalue weighted by atomic mass is 16.5. The summed E-state index contributed by atoms with van der Waals surface area (Å²) >= 11 is 0. The molecule has 5 atom stereocenters. The molecule has 0 spiro atoms. The number of nitrogen functional groups attached to an aromatic ring is 2. The maximum Gasteiger partial charge on any atom is 0.240 e. The number of para-hydroxylation sites is 2. The monoisotopic (exact) mass is 723 g/mol. The lowest BCUT2D eigenvalue weighted by molar-refractivity contribution is -0.136. The summed E-state index contributed by atoms with van der Waals surface area (Å²) in [6, 6.07) is 17.3. The summed E-state index contributed by atoms with van der Waals surface area (Å²) in [5.41, 5.74) is 23.0. The fourth-order valence-corrected chi connectivity index (χ4v) is 7.45. The molecule has 6 rings (SSSR count). The number of aromatic nitrogens is 4. The number of nitrogens with two attached hydrogens (primary N) is 3. The van der Waals surface area contributed by atoms with Gasteiger partial charge < -0.3 is 46.6 Å². The second-order valence-electron chi connectivity index (χ2n) is 14.2. The molecule has 0 radical (unpaired) electrons. The molecule has 0 aliphatic carbocycles. The first-order chi connectivity index (χ1) is 25.3. The molecule has 2 amide bonds. The van der Waals surface area contributed by atoms with Gasteiger partial charge in [0.2, 0.25) is 11.8 Å². The predicted octanol–water partition coefficient (Wildman–Crippen LogP) is 3.00. The van der Waals surface area contributed by atoms with E-state index in [1.807, 2.05) is 80.0 Å². The van der Waals surface area contributed by atoms with Crippen molar-refractivity contribution >= 4 is 34.8 Å². The Kier molecular flexibility index (Phi) is 10.8. The normalized spacial score (nSPS) is 20.2. The van der Waals surface area contributed by atoms with Crippen molar-refractivity contribution in [1.82, 2.24) is 30.2 Å². The van der Waals surface area contributed by atoms with Crippen molar-refractivity contribution < 1.29 is 19.4 Å². The highest BCUT2D eigenvalue weighted by molar-refractivity contribution is 5.83. The van der Waals surface area contributed by atoms with Gasteiger partial charge in [0.05, 0.1) is 35.4 Å². The number of hydrogen-bond acceptors (Lipinski definition) is 13. The highest BCUT2D eigenvalue weighted by Crippen LogP contribution is 2.35. The number of carbonyl (C=O) groups is 2. The predicted molar refractivity (Wildman–Crippen MR) is 205 cm³/mol. The van der Waals surface area contributed by atoms with Crippen molar-refractivity contribution in [1.29, 1.82) is 0 Å². The van der Waals surface area contributed by atoms with E-state index in [1.165, 1.54) is 0 Å². The number of phenols is 1. The molecule has 4 aromatic rings. The molecule has 2 fully saturated rings. The van der Waals surface area contributed by atoms with Crippen LogP contribution in [0.4, 0.5) is 23.0 Å².